The topological polar surface area (TPSA) is 49.4 Å². The Bertz CT molecular complexity index is 1060. The second-order valence-electron chi connectivity index (χ2n) is 7.90. The van der Waals surface area contributed by atoms with Gasteiger partial charge in [-0.05, 0) is 60.4 Å². The first-order chi connectivity index (χ1) is 14.5. The Balaban J connectivity index is 1.44. The van der Waals surface area contributed by atoms with E-state index in [4.69, 9.17) is 0 Å². The van der Waals surface area contributed by atoms with Gasteiger partial charge in [0.2, 0.25) is 5.91 Å². The van der Waals surface area contributed by atoms with Gasteiger partial charge in [0.15, 0.2) is 0 Å². The van der Waals surface area contributed by atoms with E-state index >= 15 is 0 Å². The minimum absolute atomic E-state index is 0.0351. The molecule has 4 rings (SSSR count). The van der Waals surface area contributed by atoms with E-state index in [0.29, 0.717) is 18.7 Å². The Hall–Kier alpha value is -3.21. The maximum absolute atomic E-state index is 13.1. The van der Waals surface area contributed by atoms with E-state index in [2.05, 4.69) is 23.5 Å². The number of hydrogen-bond acceptors (Lipinski definition) is 2. The number of rotatable bonds is 4. The molecule has 0 saturated carbocycles. The second kappa shape index (κ2) is 8.66. The molecular weight excluding hydrogens is 379 g/mol. The number of nitrogens with one attached hydrogen (secondary N) is 1. The normalized spacial score (nSPS) is 17.5. The van der Waals surface area contributed by atoms with Gasteiger partial charge in [0, 0.05) is 18.7 Å². The van der Waals surface area contributed by atoms with E-state index < -0.39 is 0 Å². The summed E-state index contributed by atoms with van der Waals surface area (Å²) in [6, 6.07) is 19.7. The van der Waals surface area contributed by atoms with Gasteiger partial charge in [-0.15, -0.1) is 0 Å². The van der Waals surface area contributed by atoms with E-state index in [1.54, 1.807) is 4.90 Å². The fourth-order valence-electron chi connectivity index (χ4n) is 4.19. The molecule has 2 amide bonds. The zero-order valence-electron chi connectivity index (χ0n) is 17.0. The lowest BCUT2D eigenvalue weighted by atomic mass is 9.95. The third-order valence-corrected chi connectivity index (χ3v) is 5.82. The van der Waals surface area contributed by atoms with Crippen molar-refractivity contribution in [2.75, 3.05) is 13.1 Å². The SMILES string of the molecule is CC(NC(=O)C1CCCN(C(=O)c2ccc(F)cc2)C1)c1cccc2ccccc12. The third kappa shape index (κ3) is 4.20. The molecule has 5 heteroatoms. The molecule has 0 bridgehead atoms. The number of fused-ring (bicyclic) bond motifs is 1. The van der Waals surface area contributed by atoms with Crippen molar-refractivity contribution in [3.63, 3.8) is 0 Å². The Morgan fingerprint density at radius 3 is 2.57 bits per heavy atom. The Morgan fingerprint density at radius 2 is 1.77 bits per heavy atom. The summed E-state index contributed by atoms with van der Waals surface area (Å²) >= 11 is 0. The molecule has 0 aromatic heterocycles. The van der Waals surface area contributed by atoms with E-state index in [1.807, 2.05) is 31.2 Å². The monoisotopic (exact) mass is 404 g/mol. The molecule has 154 valence electrons. The molecule has 0 spiro atoms. The summed E-state index contributed by atoms with van der Waals surface area (Å²) in [7, 11) is 0. The fourth-order valence-corrected chi connectivity index (χ4v) is 4.19. The molecule has 3 aromatic carbocycles. The van der Waals surface area contributed by atoms with Gasteiger partial charge in [-0.25, -0.2) is 4.39 Å². The summed E-state index contributed by atoms with van der Waals surface area (Å²) in [5.41, 5.74) is 1.53. The maximum atomic E-state index is 13.1. The number of benzene rings is 3. The minimum atomic E-state index is -0.370. The Labute approximate surface area is 175 Å². The molecule has 4 nitrogen and oxygen atoms in total. The van der Waals surface area contributed by atoms with E-state index in [9.17, 15) is 14.0 Å². The number of carbonyl (C=O) groups is 2. The van der Waals surface area contributed by atoms with E-state index in [-0.39, 0.29) is 29.6 Å². The van der Waals surface area contributed by atoms with Crippen molar-refractivity contribution in [3.8, 4) is 0 Å². The van der Waals surface area contributed by atoms with Gasteiger partial charge in [-0.3, -0.25) is 9.59 Å². The quantitative estimate of drug-likeness (QED) is 0.685. The van der Waals surface area contributed by atoms with Crippen molar-refractivity contribution >= 4 is 22.6 Å². The van der Waals surface area contributed by atoms with Crippen LogP contribution in [0.1, 0.15) is 41.7 Å². The van der Waals surface area contributed by atoms with Crippen LogP contribution in [0.4, 0.5) is 4.39 Å². The van der Waals surface area contributed by atoms with Crippen LogP contribution in [-0.2, 0) is 4.79 Å². The standard InChI is InChI=1S/C25H25FN2O2/c1-17(22-10-4-7-18-6-2-3-9-23(18)22)27-24(29)20-8-5-15-28(16-20)25(30)19-11-13-21(26)14-12-19/h2-4,6-7,9-14,17,20H,5,8,15-16H2,1H3,(H,27,29). The van der Waals surface area contributed by atoms with E-state index in [1.165, 1.54) is 24.3 Å². The molecule has 2 atom stereocenters. The van der Waals surface area contributed by atoms with Crippen LogP contribution >= 0.6 is 0 Å². The minimum Gasteiger partial charge on any atom is -0.349 e. The van der Waals surface area contributed by atoms with Crippen LogP contribution < -0.4 is 5.32 Å². The average molecular weight is 404 g/mol. The van der Waals surface area contributed by atoms with Gasteiger partial charge in [0.25, 0.3) is 5.91 Å². The number of piperidine rings is 1. The summed E-state index contributed by atoms with van der Waals surface area (Å²) in [5, 5.41) is 5.41. The van der Waals surface area contributed by atoms with Crippen molar-refractivity contribution in [2.24, 2.45) is 5.92 Å². The highest BCUT2D eigenvalue weighted by Crippen LogP contribution is 2.25. The number of halogens is 1. The summed E-state index contributed by atoms with van der Waals surface area (Å²) in [6.07, 6.45) is 1.52. The lowest BCUT2D eigenvalue weighted by Crippen LogP contribution is -2.45. The zero-order valence-corrected chi connectivity index (χ0v) is 17.0. The summed E-state index contributed by atoms with van der Waals surface area (Å²) in [6.45, 7) is 2.98. The smallest absolute Gasteiger partial charge is 0.253 e. The molecule has 1 fully saturated rings. The largest absolute Gasteiger partial charge is 0.349 e. The number of amides is 2. The van der Waals surface area contributed by atoms with Crippen molar-refractivity contribution < 1.29 is 14.0 Å². The first-order valence-electron chi connectivity index (χ1n) is 10.4. The van der Waals surface area contributed by atoms with Crippen molar-refractivity contribution in [2.45, 2.75) is 25.8 Å². The lowest BCUT2D eigenvalue weighted by molar-refractivity contribution is -0.127. The molecule has 1 N–H and O–H groups in total. The highest BCUT2D eigenvalue weighted by Gasteiger charge is 2.29. The lowest BCUT2D eigenvalue weighted by Gasteiger charge is -2.33. The number of likely N-dealkylation sites (tertiary alicyclic amines) is 1. The Morgan fingerprint density at radius 1 is 1.03 bits per heavy atom. The summed E-state index contributed by atoms with van der Waals surface area (Å²) in [4.78, 5) is 27.4. The molecule has 30 heavy (non-hydrogen) atoms. The van der Waals surface area contributed by atoms with Crippen LogP contribution in [0.25, 0.3) is 10.8 Å². The van der Waals surface area contributed by atoms with E-state index in [0.717, 1.165) is 29.2 Å². The first-order valence-corrected chi connectivity index (χ1v) is 10.4. The Kier molecular flexibility index (Phi) is 5.79. The molecule has 2 unspecified atom stereocenters. The predicted molar refractivity (Wildman–Crippen MR) is 116 cm³/mol. The van der Waals surface area contributed by atoms with Crippen LogP contribution in [0, 0.1) is 11.7 Å². The summed E-state index contributed by atoms with van der Waals surface area (Å²) < 4.78 is 13.1. The molecule has 0 aliphatic carbocycles. The van der Waals surface area contributed by atoms with Crippen molar-refractivity contribution in [1.82, 2.24) is 10.2 Å². The highest BCUT2D eigenvalue weighted by atomic mass is 19.1. The highest BCUT2D eigenvalue weighted by molar-refractivity contribution is 5.94. The molecule has 1 aliphatic rings. The first kappa shape index (κ1) is 20.1. The third-order valence-electron chi connectivity index (χ3n) is 5.82. The van der Waals surface area contributed by atoms with Gasteiger partial charge in [-0.1, -0.05) is 42.5 Å². The van der Waals surface area contributed by atoms with Gasteiger partial charge in [0.1, 0.15) is 5.82 Å². The van der Waals surface area contributed by atoms with Gasteiger partial charge < -0.3 is 10.2 Å². The van der Waals surface area contributed by atoms with Crippen LogP contribution in [0.15, 0.2) is 66.7 Å². The zero-order chi connectivity index (χ0) is 21.1. The summed E-state index contributed by atoms with van der Waals surface area (Å²) in [5.74, 6) is -0.813. The molecule has 0 radical (unpaired) electrons. The second-order valence-corrected chi connectivity index (χ2v) is 7.90. The predicted octanol–water partition coefficient (Wildman–Crippen LogP) is 4.71. The van der Waals surface area contributed by atoms with Gasteiger partial charge in [0.05, 0.1) is 12.0 Å². The van der Waals surface area contributed by atoms with Crippen LogP contribution in [0.5, 0.6) is 0 Å². The van der Waals surface area contributed by atoms with Crippen molar-refractivity contribution in [3.05, 3.63) is 83.7 Å². The molecular formula is C25H25FN2O2. The molecule has 3 aromatic rings. The number of carbonyl (C=O) groups excluding carboxylic acids is 2. The number of hydrogen-bond donors (Lipinski definition) is 1. The van der Waals surface area contributed by atoms with Crippen LogP contribution in [0.2, 0.25) is 0 Å². The maximum Gasteiger partial charge on any atom is 0.253 e. The van der Waals surface area contributed by atoms with Gasteiger partial charge in [-0.2, -0.15) is 0 Å². The van der Waals surface area contributed by atoms with Gasteiger partial charge >= 0.3 is 0 Å². The van der Waals surface area contributed by atoms with Crippen LogP contribution in [-0.4, -0.2) is 29.8 Å². The molecule has 1 heterocycles. The fraction of sp³-hybridized carbons (Fsp3) is 0.280. The number of nitrogens with zero attached hydrogens (tertiary/aromatic N) is 1. The average Bonchev–Trinajstić information content (AvgIpc) is 2.78. The van der Waals surface area contributed by atoms with Crippen LogP contribution in [0.3, 0.4) is 0 Å². The molecule has 1 saturated heterocycles. The van der Waals surface area contributed by atoms with Crippen molar-refractivity contribution in [1.29, 1.82) is 0 Å². The molecule has 1 aliphatic heterocycles.